The summed E-state index contributed by atoms with van der Waals surface area (Å²) in [6, 6.07) is 6.30. The van der Waals surface area contributed by atoms with Gasteiger partial charge in [0.05, 0.1) is 24.0 Å². The molecule has 26 heavy (non-hydrogen) atoms. The van der Waals surface area contributed by atoms with Crippen LogP contribution in [0.15, 0.2) is 23.0 Å². The Hall–Kier alpha value is -2.24. The van der Waals surface area contributed by atoms with E-state index in [1.165, 1.54) is 25.7 Å². The molecule has 2 aromatic heterocycles. The van der Waals surface area contributed by atoms with Crippen molar-refractivity contribution >= 4 is 5.82 Å². The predicted octanol–water partition coefficient (Wildman–Crippen LogP) is 2.46. The molecule has 6 nitrogen and oxygen atoms in total. The standard InChI is InChI=1S/C20H25N5O/c26-20-12-15-4-1-2-6-18(15)23-25(20)13-16-5-3-11-24(16)19-10-9-17(21-22-19)14-7-8-14/h9-10,12,14,16H,1-8,11,13H2. The maximum atomic E-state index is 12.5. The summed E-state index contributed by atoms with van der Waals surface area (Å²) in [5.74, 6) is 1.56. The number of fused-ring (bicyclic) bond motifs is 1. The fraction of sp³-hybridized carbons (Fsp3) is 0.600. The Kier molecular flexibility index (Phi) is 3.98. The van der Waals surface area contributed by atoms with Gasteiger partial charge in [-0.25, -0.2) is 4.68 Å². The van der Waals surface area contributed by atoms with Crippen LogP contribution >= 0.6 is 0 Å². The minimum atomic E-state index is 0.0349. The molecule has 2 fully saturated rings. The van der Waals surface area contributed by atoms with E-state index in [0.29, 0.717) is 12.5 Å². The molecule has 2 aromatic rings. The quantitative estimate of drug-likeness (QED) is 0.847. The molecule has 0 N–H and O–H groups in total. The maximum absolute atomic E-state index is 12.5. The molecule has 6 heteroatoms. The van der Waals surface area contributed by atoms with Gasteiger partial charge in [0.25, 0.3) is 5.56 Å². The number of hydrogen-bond donors (Lipinski definition) is 0. The lowest BCUT2D eigenvalue weighted by Crippen LogP contribution is -2.38. The van der Waals surface area contributed by atoms with Gasteiger partial charge >= 0.3 is 0 Å². The molecule has 0 bridgehead atoms. The van der Waals surface area contributed by atoms with Gasteiger partial charge in [0.15, 0.2) is 5.82 Å². The molecule has 1 aliphatic heterocycles. The zero-order chi connectivity index (χ0) is 17.5. The van der Waals surface area contributed by atoms with Gasteiger partial charge in [-0.15, -0.1) is 5.10 Å². The highest BCUT2D eigenvalue weighted by Crippen LogP contribution is 2.39. The van der Waals surface area contributed by atoms with Crippen LogP contribution in [-0.2, 0) is 19.4 Å². The van der Waals surface area contributed by atoms with Crippen molar-refractivity contribution in [3.05, 3.63) is 45.5 Å². The second kappa shape index (κ2) is 6.49. The van der Waals surface area contributed by atoms with Crippen LogP contribution in [0.25, 0.3) is 0 Å². The van der Waals surface area contributed by atoms with Crippen molar-refractivity contribution in [2.24, 2.45) is 0 Å². The van der Waals surface area contributed by atoms with E-state index in [2.05, 4.69) is 27.2 Å². The average molecular weight is 351 g/mol. The second-order valence-electron chi connectivity index (χ2n) is 7.92. The van der Waals surface area contributed by atoms with Crippen molar-refractivity contribution in [2.75, 3.05) is 11.4 Å². The Morgan fingerprint density at radius 3 is 2.73 bits per heavy atom. The molecular formula is C20H25N5O. The Balaban J connectivity index is 1.36. The number of aryl methyl sites for hydroxylation is 2. The molecule has 0 amide bonds. The topological polar surface area (TPSA) is 63.9 Å². The molecule has 0 aromatic carbocycles. The molecule has 1 saturated heterocycles. The van der Waals surface area contributed by atoms with Crippen LogP contribution in [0.2, 0.25) is 0 Å². The molecular weight excluding hydrogens is 326 g/mol. The molecule has 0 spiro atoms. The fourth-order valence-corrected chi connectivity index (χ4v) is 4.34. The molecule has 1 unspecified atom stereocenters. The molecule has 136 valence electrons. The highest BCUT2D eigenvalue weighted by Gasteiger charge is 2.29. The van der Waals surface area contributed by atoms with Gasteiger partial charge in [-0.2, -0.15) is 10.2 Å². The first-order chi connectivity index (χ1) is 12.8. The summed E-state index contributed by atoms with van der Waals surface area (Å²) in [5, 5.41) is 13.6. The number of rotatable bonds is 4. The number of anilines is 1. The van der Waals surface area contributed by atoms with Crippen LogP contribution in [0.5, 0.6) is 0 Å². The average Bonchev–Trinajstić information content (AvgIpc) is 3.42. The molecule has 5 rings (SSSR count). The SMILES string of the molecule is O=c1cc2c(nn1CC1CCCN1c1ccc(C3CC3)nn1)CCCC2. The van der Waals surface area contributed by atoms with Crippen molar-refractivity contribution in [1.82, 2.24) is 20.0 Å². The summed E-state index contributed by atoms with van der Waals surface area (Å²) in [6.45, 7) is 1.61. The number of aromatic nitrogens is 4. The molecule has 1 saturated carbocycles. The van der Waals surface area contributed by atoms with E-state index in [1.807, 2.05) is 6.07 Å². The van der Waals surface area contributed by atoms with Crippen LogP contribution in [0.3, 0.4) is 0 Å². The largest absolute Gasteiger partial charge is 0.350 e. The van der Waals surface area contributed by atoms with Crippen molar-refractivity contribution in [3.8, 4) is 0 Å². The Bertz CT molecular complexity index is 855. The Labute approximate surface area is 153 Å². The molecule has 1 atom stereocenters. The maximum Gasteiger partial charge on any atom is 0.267 e. The summed E-state index contributed by atoms with van der Waals surface area (Å²) >= 11 is 0. The lowest BCUT2D eigenvalue weighted by molar-refractivity contribution is 0.471. The lowest BCUT2D eigenvalue weighted by Gasteiger charge is -2.26. The van der Waals surface area contributed by atoms with E-state index in [0.717, 1.165) is 55.0 Å². The summed E-state index contributed by atoms with van der Waals surface area (Å²) in [4.78, 5) is 14.8. The summed E-state index contributed by atoms with van der Waals surface area (Å²) < 4.78 is 1.68. The Morgan fingerprint density at radius 1 is 1.04 bits per heavy atom. The van der Waals surface area contributed by atoms with Crippen LogP contribution in [-0.4, -0.2) is 32.6 Å². The van der Waals surface area contributed by atoms with Crippen LogP contribution in [0.4, 0.5) is 5.82 Å². The first kappa shape index (κ1) is 16.0. The van der Waals surface area contributed by atoms with Gasteiger partial charge in [-0.1, -0.05) is 0 Å². The zero-order valence-electron chi connectivity index (χ0n) is 15.1. The third kappa shape index (κ3) is 3.02. The molecule has 2 aliphatic carbocycles. The van der Waals surface area contributed by atoms with E-state index in [-0.39, 0.29) is 11.6 Å². The smallest absolute Gasteiger partial charge is 0.267 e. The van der Waals surface area contributed by atoms with E-state index >= 15 is 0 Å². The van der Waals surface area contributed by atoms with Crippen LogP contribution < -0.4 is 10.5 Å². The third-order valence-corrected chi connectivity index (χ3v) is 6.00. The predicted molar refractivity (Wildman–Crippen MR) is 99.5 cm³/mol. The number of nitrogens with zero attached hydrogens (tertiary/aromatic N) is 5. The monoisotopic (exact) mass is 351 g/mol. The van der Waals surface area contributed by atoms with Crippen molar-refractivity contribution < 1.29 is 0 Å². The van der Waals surface area contributed by atoms with E-state index in [9.17, 15) is 4.79 Å². The highest BCUT2D eigenvalue weighted by molar-refractivity contribution is 5.40. The zero-order valence-corrected chi connectivity index (χ0v) is 15.1. The van der Waals surface area contributed by atoms with Crippen LogP contribution in [0.1, 0.15) is 61.4 Å². The van der Waals surface area contributed by atoms with E-state index < -0.39 is 0 Å². The second-order valence-corrected chi connectivity index (χ2v) is 7.92. The first-order valence-corrected chi connectivity index (χ1v) is 9.98. The van der Waals surface area contributed by atoms with Gasteiger partial charge < -0.3 is 4.90 Å². The third-order valence-electron chi connectivity index (χ3n) is 6.00. The summed E-state index contributed by atoms with van der Waals surface area (Å²) in [5.41, 5.74) is 3.43. The van der Waals surface area contributed by atoms with Gasteiger partial charge in [0.2, 0.25) is 0 Å². The molecule has 3 aliphatic rings. The van der Waals surface area contributed by atoms with Gasteiger partial charge in [0.1, 0.15) is 0 Å². The summed E-state index contributed by atoms with van der Waals surface area (Å²) in [7, 11) is 0. The normalized spacial score (nSPS) is 22.5. The van der Waals surface area contributed by atoms with Crippen molar-refractivity contribution in [3.63, 3.8) is 0 Å². The highest BCUT2D eigenvalue weighted by atomic mass is 16.1. The van der Waals surface area contributed by atoms with Gasteiger partial charge in [-0.3, -0.25) is 4.79 Å². The van der Waals surface area contributed by atoms with Crippen molar-refractivity contribution in [2.45, 2.75) is 69.9 Å². The first-order valence-electron chi connectivity index (χ1n) is 9.98. The lowest BCUT2D eigenvalue weighted by atomic mass is 9.97. The van der Waals surface area contributed by atoms with Gasteiger partial charge in [0, 0.05) is 18.5 Å². The van der Waals surface area contributed by atoms with Crippen LogP contribution in [0, 0.1) is 0 Å². The molecule has 3 heterocycles. The number of hydrogen-bond acceptors (Lipinski definition) is 5. The summed E-state index contributed by atoms with van der Waals surface area (Å²) in [6.07, 6.45) is 9.02. The van der Waals surface area contributed by atoms with E-state index in [4.69, 9.17) is 5.10 Å². The Morgan fingerprint density at radius 2 is 1.92 bits per heavy atom. The van der Waals surface area contributed by atoms with Gasteiger partial charge in [-0.05, 0) is 69.1 Å². The molecule has 0 radical (unpaired) electrons. The van der Waals surface area contributed by atoms with Crippen molar-refractivity contribution in [1.29, 1.82) is 0 Å². The fourth-order valence-electron chi connectivity index (χ4n) is 4.34. The minimum absolute atomic E-state index is 0.0349. The minimum Gasteiger partial charge on any atom is -0.350 e. The van der Waals surface area contributed by atoms with E-state index in [1.54, 1.807) is 4.68 Å².